The molecule has 2 rings (SSSR count). The maximum Gasteiger partial charge on any atom is 0.165 e. The number of nitrogens with one attached hydrogen (secondary N) is 1. The van der Waals surface area contributed by atoms with E-state index in [-0.39, 0.29) is 11.6 Å². The lowest BCUT2D eigenvalue weighted by Gasteiger charge is -2.03. The van der Waals surface area contributed by atoms with E-state index in [1.165, 1.54) is 13.2 Å². The molecule has 1 N–H and O–H groups in total. The second-order valence-electron chi connectivity index (χ2n) is 4.21. The summed E-state index contributed by atoms with van der Waals surface area (Å²) in [6.45, 7) is 4.17. The van der Waals surface area contributed by atoms with Gasteiger partial charge in [-0.25, -0.2) is 4.39 Å². The van der Waals surface area contributed by atoms with Crippen LogP contribution in [0.2, 0.25) is 0 Å². The van der Waals surface area contributed by atoms with E-state index in [4.69, 9.17) is 4.74 Å². The number of hydrogen-bond donors (Lipinski definition) is 1. The highest BCUT2D eigenvalue weighted by molar-refractivity contribution is 5.61. The Morgan fingerprint density at radius 2 is 2.06 bits per heavy atom. The number of hydrogen-bond acceptors (Lipinski definition) is 2. The predicted octanol–water partition coefficient (Wildman–Crippen LogP) is 3.35. The SMILES string of the molecule is COc1cc(-c2cc(C(C)C)[nH]n2)ccc1F. The average Bonchev–Trinajstić information content (AvgIpc) is 2.79. The van der Waals surface area contributed by atoms with Gasteiger partial charge in [0.25, 0.3) is 0 Å². The summed E-state index contributed by atoms with van der Waals surface area (Å²) in [5, 5.41) is 7.18. The number of methoxy groups -OCH3 is 1. The molecule has 0 aliphatic rings. The molecule has 0 amide bonds. The Bertz CT molecular complexity index is 520. The van der Waals surface area contributed by atoms with Crippen LogP contribution in [-0.4, -0.2) is 17.3 Å². The molecule has 0 bridgehead atoms. The van der Waals surface area contributed by atoms with E-state index in [2.05, 4.69) is 24.0 Å². The fraction of sp³-hybridized carbons (Fsp3) is 0.308. The standard InChI is InChI=1S/C13H15FN2O/c1-8(2)11-7-12(16-15-11)9-4-5-10(14)13(6-9)17-3/h4-8H,1-3H3,(H,15,16). The van der Waals surface area contributed by atoms with Crippen LogP contribution in [0.4, 0.5) is 4.39 Å². The number of H-pyrrole nitrogens is 1. The van der Waals surface area contributed by atoms with Crippen molar-refractivity contribution in [2.45, 2.75) is 19.8 Å². The Morgan fingerprint density at radius 1 is 1.29 bits per heavy atom. The molecule has 90 valence electrons. The maximum atomic E-state index is 13.3. The summed E-state index contributed by atoms with van der Waals surface area (Å²) in [5.41, 5.74) is 2.70. The van der Waals surface area contributed by atoms with Crippen LogP contribution in [-0.2, 0) is 0 Å². The van der Waals surface area contributed by atoms with Crippen molar-refractivity contribution in [2.24, 2.45) is 0 Å². The van der Waals surface area contributed by atoms with Crippen molar-refractivity contribution in [2.75, 3.05) is 7.11 Å². The third kappa shape index (κ3) is 2.30. The minimum atomic E-state index is -0.365. The first-order valence-electron chi connectivity index (χ1n) is 5.51. The molecule has 17 heavy (non-hydrogen) atoms. The van der Waals surface area contributed by atoms with Gasteiger partial charge in [0.05, 0.1) is 12.8 Å². The van der Waals surface area contributed by atoms with Crippen LogP contribution < -0.4 is 4.74 Å². The molecule has 0 spiro atoms. The molecule has 4 heteroatoms. The van der Waals surface area contributed by atoms with Gasteiger partial charge in [-0.1, -0.05) is 13.8 Å². The first-order chi connectivity index (χ1) is 8.11. The number of aromatic amines is 1. The lowest BCUT2D eigenvalue weighted by molar-refractivity contribution is 0.387. The number of rotatable bonds is 3. The van der Waals surface area contributed by atoms with Crippen molar-refractivity contribution in [3.8, 4) is 17.0 Å². The van der Waals surface area contributed by atoms with Crippen molar-refractivity contribution >= 4 is 0 Å². The van der Waals surface area contributed by atoms with Crippen molar-refractivity contribution in [3.63, 3.8) is 0 Å². The summed E-state index contributed by atoms with van der Waals surface area (Å²) < 4.78 is 18.2. The third-order valence-corrected chi connectivity index (χ3v) is 2.67. The van der Waals surface area contributed by atoms with Crippen LogP contribution in [0, 0.1) is 5.82 Å². The summed E-state index contributed by atoms with van der Waals surface area (Å²) >= 11 is 0. The Labute approximate surface area is 99.6 Å². The van der Waals surface area contributed by atoms with Gasteiger partial charge in [-0.05, 0) is 30.2 Å². The van der Waals surface area contributed by atoms with Crippen LogP contribution in [0.5, 0.6) is 5.75 Å². The Hall–Kier alpha value is -1.84. The first-order valence-corrected chi connectivity index (χ1v) is 5.51. The topological polar surface area (TPSA) is 37.9 Å². The Morgan fingerprint density at radius 3 is 2.65 bits per heavy atom. The van der Waals surface area contributed by atoms with E-state index in [1.807, 2.05) is 6.07 Å². The number of ether oxygens (including phenoxy) is 1. The molecule has 0 aliphatic heterocycles. The van der Waals surface area contributed by atoms with Crippen molar-refractivity contribution in [1.82, 2.24) is 10.2 Å². The van der Waals surface area contributed by atoms with Gasteiger partial charge in [-0.3, -0.25) is 5.10 Å². The first kappa shape index (κ1) is 11.6. The normalized spacial score (nSPS) is 10.9. The molecule has 1 aromatic carbocycles. The third-order valence-electron chi connectivity index (χ3n) is 2.67. The van der Waals surface area contributed by atoms with Gasteiger partial charge < -0.3 is 4.74 Å². The summed E-state index contributed by atoms with van der Waals surface area (Å²) in [4.78, 5) is 0. The summed E-state index contributed by atoms with van der Waals surface area (Å²) in [6, 6.07) is 6.70. The Balaban J connectivity index is 2.38. The highest BCUT2D eigenvalue weighted by Crippen LogP contribution is 2.26. The molecule has 2 aromatic rings. The summed E-state index contributed by atoms with van der Waals surface area (Å²) in [6.07, 6.45) is 0. The van der Waals surface area contributed by atoms with Gasteiger partial charge >= 0.3 is 0 Å². The van der Waals surface area contributed by atoms with Gasteiger partial charge in [0.15, 0.2) is 11.6 Å². The highest BCUT2D eigenvalue weighted by Gasteiger charge is 2.09. The molecule has 0 atom stereocenters. The van der Waals surface area contributed by atoms with Gasteiger partial charge in [0.2, 0.25) is 0 Å². The summed E-state index contributed by atoms with van der Waals surface area (Å²) in [7, 11) is 1.45. The fourth-order valence-electron chi connectivity index (χ4n) is 1.60. The minimum Gasteiger partial charge on any atom is -0.494 e. The van der Waals surface area contributed by atoms with Crippen molar-refractivity contribution in [3.05, 3.63) is 35.8 Å². The van der Waals surface area contributed by atoms with Gasteiger partial charge in [-0.15, -0.1) is 0 Å². The zero-order chi connectivity index (χ0) is 12.4. The molecule has 3 nitrogen and oxygen atoms in total. The van der Waals surface area contributed by atoms with Crippen LogP contribution in [0.1, 0.15) is 25.5 Å². The van der Waals surface area contributed by atoms with Gasteiger partial charge in [-0.2, -0.15) is 5.10 Å². The number of halogens is 1. The molecule has 0 saturated heterocycles. The second kappa shape index (κ2) is 4.57. The molecule has 0 radical (unpaired) electrons. The smallest absolute Gasteiger partial charge is 0.165 e. The zero-order valence-electron chi connectivity index (χ0n) is 10.1. The van der Waals surface area contributed by atoms with E-state index in [0.717, 1.165) is 17.0 Å². The van der Waals surface area contributed by atoms with E-state index in [9.17, 15) is 4.39 Å². The van der Waals surface area contributed by atoms with Crippen LogP contribution in [0.25, 0.3) is 11.3 Å². The summed E-state index contributed by atoms with van der Waals surface area (Å²) in [5.74, 6) is 0.256. The molecule has 0 fully saturated rings. The number of nitrogens with zero attached hydrogens (tertiary/aromatic N) is 1. The monoisotopic (exact) mass is 234 g/mol. The van der Waals surface area contributed by atoms with E-state index < -0.39 is 0 Å². The molecular formula is C13H15FN2O. The molecule has 0 unspecified atom stereocenters. The fourth-order valence-corrected chi connectivity index (χ4v) is 1.60. The van der Waals surface area contributed by atoms with Crippen molar-refractivity contribution in [1.29, 1.82) is 0 Å². The van der Waals surface area contributed by atoms with Crippen LogP contribution in [0.3, 0.4) is 0 Å². The molecule has 0 saturated carbocycles. The maximum absolute atomic E-state index is 13.3. The average molecular weight is 234 g/mol. The lowest BCUT2D eigenvalue weighted by Crippen LogP contribution is -1.88. The number of aromatic nitrogens is 2. The van der Waals surface area contributed by atoms with Crippen molar-refractivity contribution < 1.29 is 9.13 Å². The Kier molecular flexibility index (Phi) is 3.13. The quantitative estimate of drug-likeness (QED) is 0.884. The highest BCUT2D eigenvalue weighted by atomic mass is 19.1. The molecular weight excluding hydrogens is 219 g/mol. The van der Waals surface area contributed by atoms with Crippen LogP contribution in [0.15, 0.2) is 24.3 Å². The molecule has 0 aliphatic carbocycles. The zero-order valence-corrected chi connectivity index (χ0v) is 10.1. The minimum absolute atomic E-state index is 0.233. The molecule has 1 heterocycles. The van der Waals surface area contributed by atoms with Crippen LogP contribution >= 0.6 is 0 Å². The number of benzene rings is 1. The van der Waals surface area contributed by atoms with E-state index in [0.29, 0.717) is 5.92 Å². The lowest BCUT2D eigenvalue weighted by atomic mass is 10.1. The largest absolute Gasteiger partial charge is 0.494 e. The van der Waals surface area contributed by atoms with Gasteiger partial charge in [0, 0.05) is 11.3 Å². The molecule has 1 aromatic heterocycles. The predicted molar refractivity (Wildman–Crippen MR) is 64.6 cm³/mol. The van der Waals surface area contributed by atoms with E-state index in [1.54, 1.807) is 12.1 Å². The van der Waals surface area contributed by atoms with Gasteiger partial charge in [0.1, 0.15) is 0 Å². The van der Waals surface area contributed by atoms with E-state index >= 15 is 0 Å². The second-order valence-corrected chi connectivity index (χ2v) is 4.21.